The van der Waals surface area contributed by atoms with Crippen LogP contribution in [0.4, 0.5) is 0 Å². The molecular formula is C14H21NO. The predicted molar refractivity (Wildman–Crippen MR) is 68.3 cm³/mol. The first-order chi connectivity index (χ1) is 7.86. The van der Waals surface area contributed by atoms with Crippen molar-refractivity contribution in [3.8, 4) is 0 Å². The molecule has 0 saturated carbocycles. The third kappa shape index (κ3) is 5.10. The fourth-order valence-electron chi connectivity index (χ4n) is 1.50. The Labute approximate surface area is 98.3 Å². The first kappa shape index (κ1) is 12.9. The van der Waals surface area contributed by atoms with E-state index in [-0.39, 0.29) is 0 Å². The maximum absolute atomic E-state index is 5.07. The Bertz CT molecular complexity index is 303. The summed E-state index contributed by atoms with van der Waals surface area (Å²) >= 11 is 0. The molecule has 0 fully saturated rings. The van der Waals surface area contributed by atoms with Gasteiger partial charge in [0.05, 0.1) is 6.61 Å². The van der Waals surface area contributed by atoms with E-state index in [2.05, 4.69) is 48.7 Å². The number of hydrogen-bond donors (Lipinski definition) is 1. The fraction of sp³-hybridized carbons (Fsp3) is 0.429. The predicted octanol–water partition coefficient (Wildman–Crippen LogP) is 2.89. The van der Waals surface area contributed by atoms with Gasteiger partial charge in [0, 0.05) is 13.7 Å². The van der Waals surface area contributed by atoms with Gasteiger partial charge in [-0.25, -0.2) is 0 Å². The van der Waals surface area contributed by atoms with E-state index < -0.39 is 0 Å². The number of benzene rings is 1. The van der Waals surface area contributed by atoms with Crippen molar-refractivity contribution in [2.45, 2.75) is 26.5 Å². The monoisotopic (exact) mass is 219 g/mol. The summed E-state index contributed by atoms with van der Waals surface area (Å²) in [4.78, 5) is 0. The average Bonchev–Trinajstić information content (AvgIpc) is 2.31. The lowest BCUT2D eigenvalue weighted by Crippen LogP contribution is -2.13. The molecule has 2 heteroatoms. The minimum Gasteiger partial charge on any atom is -0.380 e. The molecule has 0 atom stereocenters. The molecule has 1 aromatic rings. The first-order valence-electron chi connectivity index (χ1n) is 5.75. The zero-order chi connectivity index (χ0) is 11.6. The third-order valence-electron chi connectivity index (χ3n) is 2.39. The van der Waals surface area contributed by atoms with Crippen molar-refractivity contribution >= 4 is 0 Å². The standard InChI is InChI=1S/C14H21NO/c1-3-4-5-10-15-11-13-6-8-14(9-7-13)12-16-2/h3-4,6-9,15H,5,10-12H2,1-2H3/b4-3+. The Hall–Kier alpha value is -1.12. The smallest absolute Gasteiger partial charge is 0.0713 e. The fourth-order valence-corrected chi connectivity index (χ4v) is 1.50. The molecule has 0 unspecified atom stereocenters. The van der Waals surface area contributed by atoms with Crippen LogP contribution in [-0.4, -0.2) is 13.7 Å². The molecule has 0 aliphatic carbocycles. The van der Waals surface area contributed by atoms with E-state index in [1.165, 1.54) is 11.1 Å². The maximum Gasteiger partial charge on any atom is 0.0713 e. The molecule has 0 bridgehead atoms. The quantitative estimate of drug-likeness (QED) is 0.562. The second-order valence-electron chi connectivity index (χ2n) is 3.78. The van der Waals surface area contributed by atoms with Gasteiger partial charge in [0.2, 0.25) is 0 Å². The summed E-state index contributed by atoms with van der Waals surface area (Å²) in [6, 6.07) is 8.53. The summed E-state index contributed by atoms with van der Waals surface area (Å²) in [5.74, 6) is 0. The minimum absolute atomic E-state index is 0.689. The molecule has 0 saturated heterocycles. The van der Waals surface area contributed by atoms with Gasteiger partial charge in [-0.2, -0.15) is 0 Å². The Kier molecular flexibility index (Phi) is 6.54. The molecule has 0 aliphatic heterocycles. The molecule has 88 valence electrons. The van der Waals surface area contributed by atoms with Gasteiger partial charge in [0.25, 0.3) is 0 Å². The third-order valence-corrected chi connectivity index (χ3v) is 2.39. The Balaban J connectivity index is 2.26. The van der Waals surface area contributed by atoms with Gasteiger partial charge in [-0.05, 0) is 31.0 Å². The normalized spacial score (nSPS) is 11.1. The number of methoxy groups -OCH3 is 1. The van der Waals surface area contributed by atoms with Crippen molar-refractivity contribution in [3.63, 3.8) is 0 Å². The highest BCUT2D eigenvalue weighted by molar-refractivity contribution is 5.21. The highest BCUT2D eigenvalue weighted by atomic mass is 16.5. The molecule has 16 heavy (non-hydrogen) atoms. The summed E-state index contributed by atoms with van der Waals surface area (Å²) in [5, 5.41) is 3.41. The van der Waals surface area contributed by atoms with Gasteiger partial charge < -0.3 is 10.1 Å². The molecule has 0 radical (unpaired) electrons. The van der Waals surface area contributed by atoms with Crippen LogP contribution in [0.2, 0.25) is 0 Å². The molecule has 0 spiro atoms. The highest BCUT2D eigenvalue weighted by Gasteiger charge is 1.93. The van der Waals surface area contributed by atoms with E-state index in [9.17, 15) is 0 Å². The molecule has 1 N–H and O–H groups in total. The van der Waals surface area contributed by atoms with Gasteiger partial charge in [-0.3, -0.25) is 0 Å². The minimum atomic E-state index is 0.689. The lowest BCUT2D eigenvalue weighted by Gasteiger charge is -2.04. The van der Waals surface area contributed by atoms with E-state index in [4.69, 9.17) is 4.74 Å². The Morgan fingerprint density at radius 2 is 1.88 bits per heavy atom. The van der Waals surface area contributed by atoms with Crippen LogP contribution in [0, 0.1) is 0 Å². The second-order valence-corrected chi connectivity index (χ2v) is 3.78. The van der Waals surface area contributed by atoms with Crippen molar-refractivity contribution in [1.82, 2.24) is 5.32 Å². The van der Waals surface area contributed by atoms with Crippen molar-refractivity contribution in [1.29, 1.82) is 0 Å². The van der Waals surface area contributed by atoms with Crippen LogP contribution in [0.15, 0.2) is 36.4 Å². The second kappa shape index (κ2) is 8.08. The Morgan fingerprint density at radius 3 is 2.50 bits per heavy atom. The van der Waals surface area contributed by atoms with E-state index >= 15 is 0 Å². The van der Waals surface area contributed by atoms with Crippen molar-refractivity contribution in [2.75, 3.05) is 13.7 Å². The van der Waals surface area contributed by atoms with Gasteiger partial charge in [0.15, 0.2) is 0 Å². The lowest BCUT2D eigenvalue weighted by atomic mass is 10.1. The molecule has 0 heterocycles. The SMILES string of the molecule is C/C=C/CCNCc1ccc(COC)cc1. The van der Waals surface area contributed by atoms with Gasteiger partial charge in [-0.1, -0.05) is 36.4 Å². The van der Waals surface area contributed by atoms with Crippen molar-refractivity contribution in [3.05, 3.63) is 47.5 Å². The Morgan fingerprint density at radius 1 is 1.19 bits per heavy atom. The molecule has 0 amide bonds. The largest absolute Gasteiger partial charge is 0.380 e. The van der Waals surface area contributed by atoms with Crippen LogP contribution in [0.5, 0.6) is 0 Å². The number of hydrogen-bond acceptors (Lipinski definition) is 2. The lowest BCUT2D eigenvalue weighted by molar-refractivity contribution is 0.185. The number of nitrogens with one attached hydrogen (secondary N) is 1. The maximum atomic E-state index is 5.07. The van der Waals surface area contributed by atoms with E-state index in [1.807, 2.05) is 0 Å². The molecule has 2 nitrogen and oxygen atoms in total. The molecular weight excluding hydrogens is 198 g/mol. The van der Waals surface area contributed by atoms with E-state index in [0.717, 1.165) is 19.5 Å². The van der Waals surface area contributed by atoms with E-state index in [1.54, 1.807) is 7.11 Å². The van der Waals surface area contributed by atoms with Crippen LogP contribution in [-0.2, 0) is 17.9 Å². The van der Waals surface area contributed by atoms with Crippen LogP contribution in [0.25, 0.3) is 0 Å². The number of allylic oxidation sites excluding steroid dienone is 1. The summed E-state index contributed by atoms with van der Waals surface area (Å²) in [5.41, 5.74) is 2.54. The van der Waals surface area contributed by atoms with Gasteiger partial charge in [-0.15, -0.1) is 0 Å². The highest BCUT2D eigenvalue weighted by Crippen LogP contribution is 2.05. The zero-order valence-electron chi connectivity index (χ0n) is 10.2. The summed E-state index contributed by atoms with van der Waals surface area (Å²) < 4.78 is 5.07. The van der Waals surface area contributed by atoms with Crippen molar-refractivity contribution in [2.24, 2.45) is 0 Å². The summed E-state index contributed by atoms with van der Waals surface area (Å²) in [7, 11) is 1.72. The molecule has 1 aromatic carbocycles. The van der Waals surface area contributed by atoms with Crippen molar-refractivity contribution < 1.29 is 4.74 Å². The van der Waals surface area contributed by atoms with Gasteiger partial charge in [0.1, 0.15) is 0 Å². The average molecular weight is 219 g/mol. The number of rotatable bonds is 7. The van der Waals surface area contributed by atoms with E-state index in [0.29, 0.717) is 6.61 Å². The summed E-state index contributed by atoms with van der Waals surface area (Å²) in [6.45, 7) is 4.71. The number of ether oxygens (including phenoxy) is 1. The molecule has 0 aliphatic rings. The van der Waals surface area contributed by atoms with Gasteiger partial charge >= 0.3 is 0 Å². The van der Waals surface area contributed by atoms with Crippen LogP contribution >= 0.6 is 0 Å². The molecule has 0 aromatic heterocycles. The van der Waals surface area contributed by atoms with Crippen LogP contribution < -0.4 is 5.32 Å². The zero-order valence-corrected chi connectivity index (χ0v) is 10.2. The first-order valence-corrected chi connectivity index (χ1v) is 5.75. The van der Waals surface area contributed by atoms with Crippen LogP contribution in [0.1, 0.15) is 24.5 Å². The summed E-state index contributed by atoms with van der Waals surface area (Å²) in [6.07, 6.45) is 5.36. The topological polar surface area (TPSA) is 21.3 Å². The van der Waals surface area contributed by atoms with Crippen LogP contribution in [0.3, 0.4) is 0 Å². The molecule has 1 rings (SSSR count).